The van der Waals surface area contributed by atoms with E-state index in [9.17, 15) is 4.21 Å². The predicted molar refractivity (Wildman–Crippen MR) is 114 cm³/mol. The average molecular weight is 477 g/mol. The SMILES string of the molecule is CN=C(NCCS(=O)Cc1ccccc1)N1CCC2(CCOC2)C1.I. The minimum absolute atomic E-state index is 0. The zero-order valence-electron chi connectivity index (χ0n) is 14.8. The van der Waals surface area contributed by atoms with Crippen LogP contribution in [0.4, 0.5) is 0 Å². The van der Waals surface area contributed by atoms with Crippen molar-refractivity contribution in [1.29, 1.82) is 0 Å². The molecule has 0 radical (unpaired) electrons. The number of nitrogens with one attached hydrogen (secondary N) is 1. The first kappa shape index (κ1) is 20.6. The van der Waals surface area contributed by atoms with Gasteiger partial charge in [-0.3, -0.25) is 9.20 Å². The monoisotopic (exact) mass is 477 g/mol. The normalized spacial score (nSPS) is 24.4. The second-order valence-electron chi connectivity index (χ2n) is 6.72. The number of benzene rings is 1. The minimum atomic E-state index is -0.855. The molecular formula is C18H28IN3O2S. The lowest BCUT2D eigenvalue weighted by molar-refractivity contribution is 0.156. The summed E-state index contributed by atoms with van der Waals surface area (Å²) in [5, 5.41) is 3.38. The van der Waals surface area contributed by atoms with Gasteiger partial charge in [0, 0.05) is 61.0 Å². The number of halogens is 1. The Morgan fingerprint density at radius 3 is 2.84 bits per heavy atom. The smallest absolute Gasteiger partial charge is 0.193 e. The third-order valence-corrected chi connectivity index (χ3v) is 6.23. The largest absolute Gasteiger partial charge is 0.381 e. The molecule has 0 bridgehead atoms. The molecule has 2 aliphatic heterocycles. The van der Waals surface area contributed by atoms with Crippen molar-refractivity contribution in [2.24, 2.45) is 10.4 Å². The van der Waals surface area contributed by atoms with Crippen LogP contribution in [-0.2, 0) is 21.3 Å². The van der Waals surface area contributed by atoms with Gasteiger partial charge in [0.2, 0.25) is 0 Å². The van der Waals surface area contributed by atoms with Crippen molar-refractivity contribution in [3.63, 3.8) is 0 Å². The van der Waals surface area contributed by atoms with E-state index in [4.69, 9.17) is 4.74 Å². The fourth-order valence-electron chi connectivity index (χ4n) is 3.53. The van der Waals surface area contributed by atoms with Crippen LogP contribution in [0.3, 0.4) is 0 Å². The van der Waals surface area contributed by atoms with E-state index < -0.39 is 10.8 Å². The topological polar surface area (TPSA) is 53.9 Å². The number of likely N-dealkylation sites (tertiary alicyclic amines) is 1. The van der Waals surface area contributed by atoms with Crippen molar-refractivity contribution in [2.45, 2.75) is 18.6 Å². The van der Waals surface area contributed by atoms with E-state index >= 15 is 0 Å². The Bertz CT molecular complexity index is 591. The predicted octanol–water partition coefficient (Wildman–Crippen LogP) is 2.24. The second-order valence-corrected chi connectivity index (χ2v) is 8.30. The van der Waals surface area contributed by atoms with Gasteiger partial charge in [-0.25, -0.2) is 0 Å². The van der Waals surface area contributed by atoms with E-state index in [2.05, 4.69) is 15.2 Å². The standard InChI is InChI=1S/C18H27N3O2S.HI/c1-19-17(21-10-7-18(14-21)8-11-23-15-18)20-9-12-24(22)13-16-5-3-2-4-6-16;/h2-6H,7-15H2,1H3,(H,19,20);1H. The van der Waals surface area contributed by atoms with Crippen molar-refractivity contribution in [3.8, 4) is 0 Å². The summed E-state index contributed by atoms with van der Waals surface area (Å²) in [5.74, 6) is 2.18. The average Bonchev–Trinajstić information content (AvgIpc) is 3.23. The Labute approximate surface area is 170 Å². The third kappa shape index (κ3) is 5.65. The Morgan fingerprint density at radius 2 is 2.16 bits per heavy atom. The fourth-order valence-corrected chi connectivity index (χ4v) is 4.57. The van der Waals surface area contributed by atoms with Crippen LogP contribution < -0.4 is 5.32 Å². The van der Waals surface area contributed by atoms with Crippen molar-refractivity contribution in [1.82, 2.24) is 10.2 Å². The molecule has 0 aliphatic carbocycles. The van der Waals surface area contributed by atoms with E-state index in [1.807, 2.05) is 37.4 Å². The van der Waals surface area contributed by atoms with Gasteiger partial charge in [0.25, 0.3) is 0 Å². The van der Waals surface area contributed by atoms with Crippen LogP contribution in [0.1, 0.15) is 18.4 Å². The summed E-state index contributed by atoms with van der Waals surface area (Å²) >= 11 is 0. The van der Waals surface area contributed by atoms with Gasteiger partial charge in [-0.05, 0) is 18.4 Å². The zero-order chi connectivity index (χ0) is 16.8. The summed E-state index contributed by atoms with van der Waals surface area (Å²) in [5.41, 5.74) is 1.45. The lowest BCUT2D eigenvalue weighted by Gasteiger charge is -2.24. The van der Waals surface area contributed by atoms with Gasteiger partial charge in [-0.2, -0.15) is 0 Å². The lowest BCUT2D eigenvalue weighted by Crippen LogP contribution is -2.42. The molecule has 7 heteroatoms. The second kappa shape index (κ2) is 9.87. The molecule has 0 amide bonds. The maximum absolute atomic E-state index is 12.2. The highest BCUT2D eigenvalue weighted by Gasteiger charge is 2.42. The van der Waals surface area contributed by atoms with Gasteiger partial charge in [-0.15, -0.1) is 24.0 Å². The number of hydrogen-bond acceptors (Lipinski definition) is 3. The van der Waals surface area contributed by atoms with Crippen molar-refractivity contribution >= 4 is 40.7 Å². The number of aliphatic imine (C=N–C) groups is 1. The molecule has 0 aromatic heterocycles. The fraction of sp³-hybridized carbons (Fsp3) is 0.611. The molecule has 2 fully saturated rings. The van der Waals surface area contributed by atoms with Crippen LogP contribution in [-0.4, -0.2) is 60.7 Å². The van der Waals surface area contributed by atoms with Gasteiger partial charge in [0.1, 0.15) is 0 Å². The van der Waals surface area contributed by atoms with Gasteiger partial charge in [0.15, 0.2) is 5.96 Å². The molecule has 2 heterocycles. The number of ether oxygens (including phenoxy) is 1. The van der Waals surface area contributed by atoms with Gasteiger partial charge < -0.3 is 15.0 Å². The van der Waals surface area contributed by atoms with E-state index in [-0.39, 0.29) is 24.0 Å². The van der Waals surface area contributed by atoms with Crippen molar-refractivity contribution < 1.29 is 8.95 Å². The molecule has 140 valence electrons. The molecule has 1 spiro atoms. The molecule has 2 unspecified atom stereocenters. The first-order chi connectivity index (χ1) is 11.7. The Morgan fingerprint density at radius 1 is 1.36 bits per heavy atom. The summed E-state index contributed by atoms with van der Waals surface area (Å²) in [6.45, 7) is 4.49. The van der Waals surface area contributed by atoms with Crippen LogP contribution in [0.2, 0.25) is 0 Å². The van der Waals surface area contributed by atoms with Gasteiger partial charge in [-0.1, -0.05) is 30.3 Å². The molecule has 5 nitrogen and oxygen atoms in total. The van der Waals surface area contributed by atoms with E-state index in [1.165, 1.54) is 6.42 Å². The van der Waals surface area contributed by atoms with E-state index in [0.717, 1.165) is 44.2 Å². The highest BCUT2D eigenvalue weighted by Crippen LogP contribution is 2.38. The number of guanidine groups is 1. The maximum Gasteiger partial charge on any atom is 0.193 e. The minimum Gasteiger partial charge on any atom is -0.381 e. The highest BCUT2D eigenvalue weighted by atomic mass is 127. The molecular weight excluding hydrogens is 449 g/mol. The summed E-state index contributed by atoms with van der Waals surface area (Å²) in [4.78, 5) is 6.71. The van der Waals surface area contributed by atoms with Crippen LogP contribution >= 0.6 is 24.0 Å². The van der Waals surface area contributed by atoms with Crippen LogP contribution in [0, 0.1) is 5.41 Å². The van der Waals surface area contributed by atoms with E-state index in [1.54, 1.807) is 0 Å². The van der Waals surface area contributed by atoms with Crippen molar-refractivity contribution in [3.05, 3.63) is 35.9 Å². The Hall–Kier alpha value is -0.670. The molecule has 25 heavy (non-hydrogen) atoms. The Kier molecular flexibility index (Phi) is 8.15. The number of hydrogen-bond donors (Lipinski definition) is 1. The summed E-state index contributed by atoms with van der Waals surface area (Å²) < 4.78 is 17.8. The van der Waals surface area contributed by atoms with Crippen molar-refractivity contribution in [2.75, 3.05) is 45.6 Å². The highest BCUT2D eigenvalue weighted by molar-refractivity contribution is 14.0. The van der Waals surface area contributed by atoms with Crippen LogP contribution in [0.15, 0.2) is 35.3 Å². The number of rotatable bonds is 5. The third-order valence-electron chi connectivity index (χ3n) is 4.92. The summed E-state index contributed by atoms with van der Waals surface area (Å²) in [6, 6.07) is 10.0. The van der Waals surface area contributed by atoms with Crippen LogP contribution in [0.5, 0.6) is 0 Å². The van der Waals surface area contributed by atoms with Gasteiger partial charge in [0.05, 0.1) is 6.61 Å². The number of nitrogens with zero attached hydrogens (tertiary/aromatic N) is 2. The molecule has 1 aromatic rings. The van der Waals surface area contributed by atoms with Gasteiger partial charge >= 0.3 is 0 Å². The molecule has 1 aromatic carbocycles. The lowest BCUT2D eigenvalue weighted by atomic mass is 9.87. The Balaban J connectivity index is 0.00000225. The molecule has 2 aliphatic rings. The molecule has 2 saturated heterocycles. The summed E-state index contributed by atoms with van der Waals surface area (Å²) in [6.07, 6.45) is 2.33. The quantitative estimate of drug-likeness (QED) is 0.402. The van der Waals surface area contributed by atoms with Crippen LogP contribution in [0.25, 0.3) is 0 Å². The summed E-state index contributed by atoms with van der Waals surface area (Å²) in [7, 11) is 0.963. The maximum atomic E-state index is 12.2. The molecule has 1 N–H and O–H groups in total. The molecule has 2 atom stereocenters. The first-order valence-corrected chi connectivity index (χ1v) is 10.1. The molecule has 0 saturated carbocycles. The molecule has 3 rings (SSSR count). The van der Waals surface area contributed by atoms with E-state index in [0.29, 0.717) is 23.5 Å². The first-order valence-electron chi connectivity index (χ1n) is 8.63. The zero-order valence-corrected chi connectivity index (χ0v) is 17.9.